The molecule has 0 aromatic carbocycles. The predicted octanol–water partition coefficient (Wildman–Crippen LogP) is -1.63. The molecule has 4 N–H and O–H groups in total. The van der Waals surface area contributed by atoms with Crippen LogP contribution in [0, 0.1) is 0 Å². The van der Waals surface area contributed by atoms with Crippen LogP contribution in [-0.2, 0) is 9.88 Å². The molecule has 3 rings (SSSR count). The van der Waals surface area contributed by atoms with E-state index in [9.17, 15) is 0 Å². The standard InChI is InChI=1S/C6H8N10O2/c1-3-15(17-7-1)13-5-9-11-6(12-10-5)14-16-4-2-8-18-16/h1-4,7-8H,(H,9,10,13)(H,11,12,14). The fraction of sp³-hybridized carbons (Fsp3) is 0. The fourth-order valence-electron chi connectivity index (χ4n) is 1.07. The molecule has 3 heterocycles. The van der Waals surface area contributed by atoms with Crippen molar-refractivity contribution in [3.63, 3.8) is 0 Å². The van der Waals surface area contributed by atoms with E-state index in [2.05, 4.69) is 42.2 Å². The highest BCUT2D eigenvalue weighted by Gasteiger charge is 2.10. The summed E-state index contributed by atoms with van der Waals surface area (Å²) in [5, 5.41) is 17.6. The Kier molecular flexibility index (Phi) is 2.61. The Bertz CT molecular complexity index is 417. The first-order valence-corrected chi connectivity index (χ1v) is 4.78. The first-order valence-electron chi connectivity index (χ1n) is 4.78. The van der Waals surface area contributed by atoms with E-state index >= 15 is 0 Å². The molecular weight excluding hydrogens is 244 g/mol. The minimum atomic E-state index is 0.171. The van der Waals surface area contributed by atoms with E-state index in [0.29, 0.717) is 0 Å². The molecule has 0 aliphatic carbocycles. The molecule has 0 saturated heterocycles. The minimum Gasteiger partial charge on any atom is -0.246 e. The molecule has 2 aliphatic rings. The summed E-state index contributed by atoms with van der Waals surface area (Å²) in [5.41, 5.74) is 10.3. The molecular formula is C6H8N10O2. The molecule has 12 heteroatoms. The maximum Gasteiger partial charge on any atom is 0.282 e. The molecule has 0 bridgehead atoms. The number of nitrogens with zero attached hydrogens (tertiary/aromatic N) is 6. The molecule has 0 saturated carbocycles. The number of rotatable bonds is 4. The number of hydrazine groups is 2. The summed E-state index contributed by atoms with van der Waals surface area (Å²) >= 11 is 0. The van der Waals surface area contributed by atoms with Crippen LogP contribution in [0.4, 0.5) is 11.9 Å². The van der Waals surface area contributed by atoms with Gasteiger partial charge < -0.3 is 0 Å². The molecule has 0 amide bonds. The van der Waals surface area contributed by atoms with Crippen LogP contribution in [0.2, 0.25) is 0 Å². The van der Waals surface area contributed by atoms with E-state index in [1.54, 1.807) is 24.8 Å². The van der Waals surface area contributed by atoms with Gasteiger partial charge in [-0.1, -0.05) is 0 Å². The zero-order chi connectivity index (χ0) is 12.2. The maximum atomic E-state index is 4.86. The maximum absolute atomic E-state index is 4.86. The van der Waals surface area contributed by atoms with Crippen molar-refractivity contribution in [2.24, 2.45) is 0 Å². The zero-order valence-electron chi connectivity index (χ0n) is 8.81. The van der Waals surface area contributed by atoms with Crippen LogP contribution in [0.15, 0.2) is 24.8 Å². The van der Waals surface area contributed by atoms with Crippen molar-refractivity contribution < 1.29 is 9.88 Å². The molecule has 1 aromatic rings. The Morgan fingerprint density at radius 2 is 1.28 bits per heavy atom. The SMILES string of the molecule is C1=CN(Nc2nnc(NN3C=CNO3)nn2)ON1. The molecule has 0 fully saturated rings. The third-order valence-corrected chi connectivity index (χ3v) is 1.76. The van der Waals surface area contributed by atoms with Gasteiger partial charge in [0.1, 0.15) is 0 Å². The number of nitrogens with one attached hydrogen (secondary N) is 4. The summed E-state index contributed by atoms with van der Waals surface area (Å²) in [6.07, 6.45) is 6.33. The van der Waals surface area contributed by atoms with Crippen molar-refractivity contribution in [2.75, 3.05) is 10.9 Å². The van der Waals surface area contributed by atoms with Crippen LogP contribution in [0.5, 0.6) is 0 Å². The van der Waals surface area contributed by atoms with Gasteiger partial charge in [-0.3, -0.25) is 0 Å². The van der Waals surface area contributed by atoms with Gasteiger partial charge in [-0.05, 0) is 0 Å². The number of anilines is 2. The molecule has 94 valence electrons. The molecule has 18 heavy (non-hydrogen) atoms. The van der Waals surface area contributed by atoms with Crippen LogP contribution in [-0.4, -0.2) is 30.7 Å². The van der Waals surface area contributed by atoms with Gasteiger partial charge in [0.25, 0.3) is 11.9 Å². The van der Waals surface area contributed by atoms with Crippen LogP contribution >= 0.6 is 0 Å². The highest BCUT2D eigenvalue weighted by atomic mass is 16.8. The van der Waals surface area contributed by atoms with E-state index in [0.717, 1.165) is 0 Å². The first kappa shape index (κ1) is 10.3. The Morgan fingerprint density at radius 1 is 0.833 bits per heavy atom. The van der Waals surface area contributed by atoms with E-state index < -0.39 is 0 Å². The average Bonchev–Trinajstić information content (AvgIpc) is 3.05. The van der Waals surface area contributed by atoms with Gasteiger partial charge in [-0.2, -0.15) is 0 Å². The average molecular weight is 252 g/mol. The molecule has 0 radical (unpaired) electrons. The molecule has 0 spiro atoms. The highest BCUT2D eigenvalue weighted by molar-refractivity contribution is 5.24. The molecule has 0 atom stereocenters. The Hall–Kier alpha value is -2.86. The van der Waals surface area contributed by atoms with Gasteiger partial charge in [-0.25, -0.2) is 21.8 Å². The normalized spacial score (nSPS) is 16.7. The Morgan fingerprint density at radius 3 is 1.61 bits per heavy atom. The van der Waals surface area contributed by atoms with E-state index in [1.165, 1.54) is 10.3 Å². The Labute approximate surface area is 100 Å². The predicted molar refractivity (Wildman–Crippen MR) is 55.3 cm³/mol. The summed E-state index contributed by atoms with van der Waals surface area (Å²) in [6.45, 7) is 0. The number of hydrogen-bond acceptors (Lipinski definition) is 12. The highest BCUT2D eigenvalue weighted by Crippen LogP contribution is 2.03. The smallest absolute Gasteiger partial charge is 0.246 e. The third kappa shape index (κ3) is 2.28. The third-order valence-electron chi connectivity index (χ3n) is 1.76. The topological polar surface area (TPSA) is 125 Å². The van der Waals surface area contributed by atoms with Gasteiger partial charge in [0.2, 0.25) is 0 Å². The fourth-order valence-corrected chi connectivity index (χ4v) is 1.07. The van der Waals surface area contributed by atoms with Crippen molar-refractivity contribution in [1.29, 1.82) is 0 Å². The van der Waals surface area contributed by atoms with Crippen molar-refractivity contribution in [1.82, 2.24) is 41.7 Å². The second-order valence-electron chi connectivity index (χ2n) is 2.97. The number of hydroxylamine groups is 4. The molecule has 12 nitrogen and oxygen atoms in total. The summed E-state index contributed by atoms with van der Waals surface area (Å²) in [4.78, 5) is 9.72. The van der Waals surface area contributed by atoms with E-state index in [-0.39, 0.29) is 11.9 Å². The van der Waals surface area contributed by atoms with Crippen molar-refractivity contribution in [3.8, 4) is 0 Å². The van der Waals surface area contributed by atoms with Gasteiger partial charge >= 0.3 is 0 Å². The summed E-state index contributed by atoms with van der Waals surface area (Å²) in [5.74, 6) is 0.342. The first-order chi connectivity index (χ1) is 8.90. The van der Waals surface area contributed by atoms with Crippen LogP contribution in [0.3, 0.4) is 0 Å². The molecule has 2 aliphatic heterocycles. The van der Waals surface area contributed by atoms with Crippen molar-refractivity contribution in [2.45, 2.75) is 0 Å². The minimum absolute atomic E-state index is 0.171. The van der Waals surface area contributed by atoms with Gasteiger partial charge in [0.05, 0.1) is 12.4 Å². The summed E-state index contributed by atoms with van der Waals surface area (Å²) < 4.78 is 0. The van der Waals surface area contributed by atoms with Crippen LogP contribution in [0.1, 0.15) is 0 Å². The second-order valence-corrected chi connectivity index (χ2v) is 2.97. The van der Waals surface area contributed by atoms with E-state index in [1.807, 2.05) is 0 Å². The molecule has 0 unspecified atom stereocenters. The lowest BCUT2D eigenvalue weighted by Crippen LogP contribution is -2.27. The van der Waals surface area contributed by atoms with Crippen LogP contribution in [0.25, 0.3) is 0 Å². The second kappa shape index (κ2) is 4.56. The van der Waals surface area contributed by atoms with Gasteiger partial charge in [0.15, 0.2) is 0 Å². The largest absolute Gasteiger partial charge is 0.282 e. The van der Waals surface area contributed by atoms with Gasteiger partial charge in [-0.15, -0.1) is 40.6 Å². The monoisotopic (exact) mass is 252 g/mol. The quantitative estimate of drug-likeness (QED) is 0.491. The lowest BCUT2D eigenvalue weighted by atomic mass is 10.9. The number of aromatic nitrogens is 4. The van der Waals surface area contributed by atoms with Crippen molar-refractivity contribution in [3.05, 3.63) is 24.8 Å². The van der Waals surface area contributed by atoms with Crippen LogP contribution < -0.4 is 21.8 Å². The molecule has 1 aromatic heterocycles. The summed E-state index contributed by atoms with van der Waals surface area (Å²) in [7, 11) is 0. The van der Waals surface area contributed by atoms with E-state index in [4.69, 9.17) is 9.88 Å². The lowest BCUT2D eigenvalue weighted by Gasteiger charge is -2.14. The number of hydrogen-bond donors (Lipinski definition) is 4. The Balaban J connectivity index is 1.58. The zero-order valence-corrected chi connectivity index (χ0v) is 8.81. The lowest BCUT2D eigenvalue weighted by molar-refractivity contribution is -0.125. The van der Waals surface area contributed by atoms with Gasteiger partial charge in [0, 0.05) is 12.4 Å². The van der Waals surface area contributed by atoms with Crippen molar-refractivity contribution >= 4 is 11.9 Å². The summed E-state index contributed by atoms with van der Waals surface area (Å²) in [6, 6.07) is 0.